The Labute approximate surface area is 168 Å². The number of nitrogens with zero attached hydrogens (tertiary/aromatic N) is 1. The number of ether oxygens (including phenoxy) is 1. The van der Waals surface area contributed by atoms with Crippen molar-refractivity contribution in [3.8, 4) is 5.75 Å². The number of allylic oxidation sites excluding steroid dienone is 1. The molecular weight excluding hydrogens is 376 g/mol. The summed E-state index contributed by atoms with van der Waals surface area (Å²) in [6.45, 7) is -0.103. The molecule has 0 fully saturated rings. The van der Waals surface area contributed by atoms with Gasteiger partial charge in [-0.05, 0) is 54.6 Å². The second-order valence-corrected chi connectivity index (χ2v) is 6.39. The number of rotatable bonds is 7. The van der Waals surface area contributed by atoms with Gasteiger partial charge in [0.15, 0.2) is 5.78 Å². The van der Waals surface area contributed by atoms with Crippen molar-refractivity contribution < 1.29 is 14.6 Å². The van der Waals surface area contributed by atoms with Gasteiger partial charge in [-0.2, -0.15) is 0 Å². The zero-order valence-corrected chi connectivity index (χ0v) is 16.0. The van der Waals surface area contributed by atoms with Crippen molar-refractivity contribution in [2.45, 2.75) is 6.61 Å². The van der Waals surface area contributed by atoms with Gasteiger partial charge >= 0.3 is 0 Å². The van der Waals surface area contributed by atoms with Crippen molar-refractivity contribution in [1.29, 1.82) is 0 Å². The topological polar surface area (TPSA) is 71.5 Å². The number of hydrogen-bond acceptors (Lipinski definition) is 5. The molecule has 28 heavy (non-hydrogen) atoms. The molecule has 0 aliphatic heterocycles. The highest BCUT2D eigenvalue weighted by Crippen LogP contribution is 2.26. The number of pyridine rings is 1. The number of ketones is 1. The number of benzene rings is 2. The van der Waals surface area contributed by atoms with Crippen molar-refractivity contribution >= 4 is 35.0 Å². The summed E-state index contributed by atoms with van der Waals surface area (Å²) in [6.07, 6.45) is 4.88. The molecule has 0 radical (unpaired) electrons. The highest BCUT2D eigenvalue weighted by Gasteiger charge is 2.07. The Bertz CT molecular complexity index is 1000. The zero-order valence-electron chi connectivity index (χ0n) is 15.2. The van der Waals surface area contributed by atoms with Crippen LogP contribution in [-0.4, -0.2) is 23.0 Å². The van der Waals surface area contributed by atoms with Gasteiger partial charge < -0.3 is 15.2 Å². The summed E-state index contributed by atoms with van der Waals surface area (Å²) in [4.78, 5) is 16.7. The van der Waals surface area contributed by atoms with Crippen molar-refractivity contribution in [1.82, 2.24) is 4.98 Å². The Morgan fingerprint density at radius 1 is 1.21 bits per heavy atom. The van der Waals surface area contributed by atoms with Crippen LogP contribution in [0.2, 0.25) is 5.02 Å². The minimum absolute atomic E-state index is 0.103. The molecule has 3 rings (SSSR count). The third kappa shape index (κ3) is 4.76. The van der Waals surface area contributed by atoms with Crippen molar-refractivity contribution in [3.63, 3.8) is 0 Å². The zero-order chi connectivity index (χ0) is 19.9. The number of carbonyl (C=O) groups excluding carboxylic acids is 1. The number of methoxy groups -OCH3 is 1. The lowest BCUT2D eigenvalue weighted by atomic mass is 10.1. The maximum atomic E-state index is 12.3. The van der Waals surface area contributed by atoms with E-state index in [4.69, 9.17) is 16.3 Å². The van der Waals surface area contributed by atoms with Crippen LogP contribution in [0.15, 0.2) is 66.9 Å². The monoisotopic (exact) mass is 394 g/mol. The number of nitrogens with one attached hydrogen (secondary N) is 1. The predicted octanol–water partition coefficient (Wildman–Crippen LogP) is 4.88. The third-order valence-electron chi connectivity index (χ3n) is 4.10. The van der Waals surface area contributed by atoms with Crippen LogP contribution in [0.5, 0.6) is 5.75 Å². The van der Waals surface area contributed by atoms with Gasteiger partial charge in [0.2, 0.25) is 0 Å². The van der Waals surface area contributed by atoms with E-state index in [0.717, 1.165) is 11.3 Å². The van der Waals surface area contributed by atoms with E-state index in [9.17, 15) is 9.90 Å². The number of aliphatic hydroxyl groups is 1. The summed E-state index contributed by atoms with van der Waals surface area (Å²) in [7, 11) is 1.55. The third-order valence-corrected chi connectivity index (χ3v) is 4.35. The molecule has 1 aromatic heterocycles. The van der Waals surface area contributed by atoms with Gasteiger partial charge in [-0.15, -0.1) is 0 Å². The van der Waals surface area contributed by atoms with Crippen LogP contribution in [-0.2, 0) is 6.61 Å². The van der Waals surface area contributed by atoms with Gasteiger partial charge in [-0.1, -0.05) is 17.7 Å². The largest absolute Gasteiger partial charge is 0.496 e. The van der Waals surface area contributed by atoms with E-state index in [0.29, 0.717) is 27.7 Å². The van der Waals surface area contributed by atoms with Crippen molar-refractivity contribution in [2.24, 2.45) is 0 Å². The molecule has 0 aliphatic carbocycles. The molecule has 6 heteroatoms. The normalized spacial score (nSPS) is 10.8. The quantitative estimate of drug-likeness (QED) is 0.441. The number of hydrogen-bond donors (Lipinski definition) is 2. The summed E-state index contributed by atoms with van der Waals surface area (Å²) >= 11 is 5.86. The van der Waals surface area contributed by atoms with E-state index in [1.807, 2.05) is 12.1 Å². The summed E-state index contributed by atoms with van der Waals surface area (Å²) in [5, 5.41) is 13.1. The summed E-state index contributed by atoms with van der Waals surface area (Å²) in [5.41, 5.74) is 2.77. The Hall–Kier alpha value is -3.15. The Kier molecular flexibility index (Phi) is 6.42. The molecule has 5 nitrogen and oxygen atoms in total. The summed E-state index contributed by atoms with van der Waals surface area (Å²) < 4.78 is 5.29. The van der Waals surface area contributed by atoms with Gasteiger partial charge in [-0.3, -0.25) is 4.79 Å². The molecule has 0 atom stereocenters. The minimum Gasteiger partial charge on any atom is -0.496 e. The molecule has 0 saturated heterocycles. The second-order valence-electron chi connectivity index (χ2n) is 5.96. The van der Waals surface area contributed by atoms with E-state index in [2.05, 4.69) is 10.3 Å². The van der Waals surface area contributed by atoms with Crippen LogP contribution < -0.4 is 10.1 Å². The maximum absolute atomic E-state index is 12.3. The number of carbonyl (C=O) groups is 1. The lowest BCUT2D eigenvalue weighted by Crippen LogP contribution is -1.99. The van der Waals surface area contributed by atoms with E-state index in [1.54, 1.807) is 61.8 Å². The smallest absolute Gasteiger partial charge is 0.185 e. The molecule has 0 saturated carbocycles. The van der Waals surface area contributed by atoms with E-state index in [1.165, 1.54) is 6.08 Å². The lowest BCUT2D eigenvalue weighted by molar-refractivity contribution is 0.104. The SMILES string of the molecule is COc1cc(Nc2ncccc2C=CC(=O)c2ccc(Cl)cc2)ccc1CO. The first-order valence-electron chi connectivity index (χ1n) is 8.58. The van der Waals surface area contributed by atoms with Gasteiger partial charge in [0.1, 0.15) is 11.6 Å². The predicted molar refractivity (Wildman–Crippen MR) is 111 cm³/mol. The van der Waals surface area contributed by atoms with Gasteiger partial charge in [0.25, 0.3) is 0 Å². The second kappa shape index (κ2) is 9.17. The molecule has 0 aliphatic rings. The minimum atomic E-state index is -0.125. The van der Waals surface area contributed by atoms with E-state index < -0.39 is 0 Å². The molecule has 0 unspecified atom stereocenters. The van der Waals surface area contributed by atoms with E-state index in [-0.39, 0.29) is 12.4 Å². The maximum Gasteiger partial charge on any atom is 0.185 e. The number of aromatic nitrogens is 1. The molecule has 142 valence electrons. The number of halogens is 1. The van der Waals surface area contributed by atoms with Gasteiger partial charge in [0, 0.05) is 39.7 Å². The van der Waals surface area contributed by atoms with Crippen LogP contribution in [0, 0.1) is 0 Å². The van der Waals surface area contributed by atoms with E-state index >= 15 is 0 Å². The molecule has 0 spiro atoms. The molecule has 0 amide bonds. The fraction of sp³-hybridized carbons (Fsp3) is 0.0909. The molecular formula is C22H19ClN2O3. The molecule has 2 N–H and O–H groups in total. The Morgan fingerprint density at radius 3 is 2.71 bits per heavy atom. The lowest BCUT2D eigenvalue weighted by Gasteiger charge is -2.12. The molecule has 3 aromatic rings. The first kappa shape index (κ1) is 19.6. The Balaban J connectivity index is 1.81. The summed E-state index contributed by atoms with van der Waals surface area (Å²) in [6, 6.07) is 15.8. The standard InChI is InChI=1S/C22H19ClN2O3/c1-28-21-13-19(10-6-17(21)14-26)25-22-16(3-2-12-24-22)7-11-20(27)15-4-8-18(23)9-5-15/h2-13,26H,14H2,1H3,(H,24,25). The van der Waals surface area contributed by atoms with Crippen LogP contribution in [0.4, 0.5) is 11.5 Å². The molecule has 2 aromatic carbocycles. The fourth-order valence-corrected chi connectivity index (χ4v) is 2.75. The van der Waals surface area contributed by atoms with Crippen LogP contribution >= 0.6 is 11.6 Å². The molecule has 0 bridgehead atoms. The van der Waals surface area contributed by atoms with Crippen molar-refractivity contribution in [3.05, 3.63) is 88.6 Å². The van der Waals surface area contributed by atoms with Crippen LogP contribution in [0.25, 0.3) is 6.08 Å². The highest BCUT2D eigenvalue weighted by molar-refractivity contribution is 6.30. The van der Waals surface area contributed by atoms with Crippen molar-refractivity contribution in [2.75, 3.05) is 12.4 Å². The first-order chi connectivity index (χ1) is 13.6. The fourth-order valence-electron chi connectivity index (χ4n) is 2.62. The average molecular weight is 395 g/mol. The Morgan fingerprint density at radius 2 is 2.00 bits per heavy atom. The van der Waals surface area contributed by atoms with Gasteiger partial charge in [-0.25, -0.2) is 4.98 Å². The summed E-state index contributed by atoms with van der Waals surface area (Å²) in [5.74, 6) is 1.06. The van der Waals surface area contributed by atoms with Crippen LogP contribution in [0.3, 0.4) is 0 Å². The number of anilines is 2. The number of aliphatic hydroxyl groups excluding tert-OH is 1. The first-order valence-corrected chi connectivity index (χ1v) is 8.96. The van der Waals surface area contributed by atoms with Gasteiger partial charge in [0.05, 0.1) is 13.7 Å². The van der Waals surface area contributed by atoms with Crippen LogP contribution in [0.1, 0.15) is 21.5 Å². The molecule has 1 heterocycles. The highest BCUT2D eigenvalue weighted by atomic mass is 35.5. The average Bonchev–Trinajstić information content (AvgIpc) is 2.73.